The molecule has 12 heteroatoms. The molecule has 0 radical (unpaired) electrons. The largest absolute Gasteiger partial charge is 0.465 e. The molecule has 2 rings (SSSR count). The van der Waals surface area contributed by atoms with Crippen LogP contribution in [0.15, 0.2) is 24.3 Å². The maximum atomic E-state index is 14.2. The minimum absolute atomic E-state index is 0.00957. The summed E-state index contributed by atoms with van der Waals surface area (Å²) in [4.78, 5) is 70.7. The number of nitrogens with zero attached hydrogens (tertiary/aromatic N) is 2. The van der Waals surface area contributed by atoms with E-state index in [-0.39, 0.29) is 66.2 Å². The van der Waals surface area contributed by atoms with Gasteiger partial charge in [-0.2, -0.15) is 0 Å². The number of ketones is 1. The van der Waals surface area contributed by atoms with Gasteiger partial charge in [0, 0.05) is 46.7 Å². The fourth-order valence-electron chi connectivity index (χ4n) is 7.91. The van der Waals surface area contributed by atoms with Crippen LogP contribution in [0.2, 0.25) is 0 Å². The number of carbonyl (C=O) groups excluding carboxylic acids is 5. The molecule has 1 unspecified atom stereocenters. The lowest BCUT2D eigenvalue weighted by Crippen LogP contribution is -2.54. The average Bonchev–Trinajstić information content (AvgIpc) is 3.62. The van der Waals surface area contributed by atoms with Crippen LogP contribution in [-0.4, -0.2) is 118 Å². The first-order valence-electron chi connectivity index (χ1n) is 19.3. The molecule has 1 fully saturated rings. The molecule has 3 amide bonds. The molecular formula is C41H68N4O8. The molecule has 1 aliphatic rings. The monoisotopic (exact) mass is 745 g/mol. The summed E-state index contributed by atoms with van der Waals surface area (Å²) in [5.41, 5.74) is 1.24. The zero-order chi connectivity index (χ0) is 40.0. The highest BCUT2D eigenvalue weighted by atomic mass is 16.5. The molecule has 0 spiro atoms. The van der Waals surface area contributed by atoms with Crippen molar-refractivity contribution in [3.05, 3.63) is 35.4 Å². The van der Waals surface area contributed by atoms with Crippen molar-refractivity contribution in [1.82, 2.24) is 20.4 Å². The first kappa shape index (κ1) is 45.8. The fourth-order valence-corrected chi connectivity index (χ4v) is 7.91. The Balaban J connectivity index is 2.20. The highest BCUT2D eigenvalue weighted by Gasteiger charge is 2.43. The predicted octanol–water partition coefficient (Wildman–Crippen LogP) is 4.53. The van der Waals surface area contributed by atoms with Crippen LogP contribution in [0, 0.1) is 29.6 Å². The molecule has 0 bridgehead atoms. The number of hydrogen-bond acceptors (Lipinski definition) is 9. The van der Waals surface area contributed by atoms with Crippen LogP contribution < -0.4 is 10.6 Å². The Morgan fingerprint density at radius 1 is 0.943 bits per heavy atom. The Morgan fingerprint density at radius 3 is 2.15 bits per heavy atom. The van der Waals surface area contributed by atoms with E-state index in [1.54, 1.807) is 52.3 Å². The number of amides is 3. The predicted molar refractivity (Wildman–Crippen MR) is 206 cm³/mol. The number of benzene rings is 1. The number of likely N-dealkylation sites (tertiary alicyclic amines) is 1. The van der Waals surface area contributed by atoms with Crippen molar-refractivity contribution in [2.24, 2.45) is 29.6 Å². The number of hydrogen-bond donors (Lipinski definition) is 2. The average molecular weight is 745 g/mol. The third-order valence-corrected chi connectivity index (χ3v) is 11.2. The van der Waals surface area contributed by atoms with Crippen LogP contribution >= 0.6 is 0 Å². The van der Waals surface area contributed by atoms with E-state index in [9.17, 15) is 24.0 Å². The van der Waals surface area contributed by atoms with Gasteiger partial charge >= 0.3 is 5.97 Å². The van der Waals surface area contributed by atoms with Crippen molar-refractivity contribution in [3.8, 4) is 0 Å². The molecule has 1 saturated heterocycles. The van der Waals surface area contributed by atoms with Gasteiger partial charge in [0.1, 0.15) is 0 Å². The molecule has 0 aliphatic carbocycles. The molecule has 1 aromatic carbocycles. The molecule has 0 saturated carbocycles. The van der Waals surface area contributed by atoms with Crippen molar-refractivity contribution in [3.63, 3.8) is 0 Å². The highest BCUT2D eigenvalue weighted by Crippen LogP contribution is 2.31. The van der Waals surface area contributed by atoms with Gasteiger partial charge < -0.3 is 34.6 Å². The molecule has 1 aromatic rings. The lowest BCUT2D eigenvalue weighted by atomic mass is 9.84. The van der Waals surface area contributed by atoms with Gasteiger partial charge in [0.15, 0.2) is 5.78 Å². The Labute approximate surface area is 318 Å². The van der Waals surface area contributed by atoms with Crippen LogP contribution in [0.4, 0.5) is 0 Å². The molecule has 2 N–H and O–H groups in total. The number of methoxy groups -OCH3 is 3. The number of likely N-dealkylation sites (N-methyl/N-ethyl adjacent to an activating group) is 2. The number of nitrogens with one attached hydrogen (secondary N) is 2. The summed E-state index contributed by atoms with van der Waals surface area (Å²) in [6.07, 6.45) is 1.72. The van der Waals surface area contributed by atoms with E-state index in [0.717, 1.165) is 18.4 Å². The summed E-state index contributed by atoms with van der Waals surface area (Å²) in [5.74, 6) is -1.89. The Kier molecular flexibility index (Phi) is 19.1. The standard InChI is InChI=1S/C41H68N4O8/c1-13-27(6)37(44(9)40(49)31(25(2)3)23-33(46)36(42-8)26(4)5)34(51-10)24-35(47)45-22-16-19-32(45)38(52-11)28(7)39(48)43-21-20-29-17-14-15-18-30(29)41(50)53-12/h14-15,17-18,25-28,31-32,34,36-38,42H,13,16,19-24H2,1-12H3,(H,43,48)/t27?,28-,31+,32+,34-,36+,37+,38-/m1/s1. The minimum Gasteiger partial charge on any atom is -0.465 e. The maximum Gasteiger partial charge on any atom is 0.338 e. The molecular weight excluding hydrogens is 676 g/mol. The smallest absolute Gasteiger partial charge is 0.338 e. The second kappa shape index (κ2) is 22.1. The first-order valence-corrected chi connectivity index (χ1v) is 19.3. The second-order valence-corrected chi connectivity index (χ2v) is 15.3. The number of rotatable bonds is 22. The van der Waals surface area contributed by atoms with Crippen molar-refractivity contribution < 1.29 is 38.2 Å². The third-order valence-electron chi connectivity index (χ3n) is 11.2. The van der Waals surface area contributed by atoms with Gasteiger partial charge in [-0.25, -0.2) is 4.79 Å². The Bertz CT molecular complexity index is 1350. The van der Waals surface area contributed by atoms with Gasteiger partial charge in [0.05, 0.1) is 55.3 Å². The van der Waals surface area contributed by atoms with Crippen LogP contribution in [0.3, 0.4) is 0 Å². The molecule has 12 nitrogen and oxygen atoms in total. The van der Waals surface area contributed by atoms with Crippen LogP contribution in [-0.2, 0) is 39.8 Å². The van der Waals surface area contributed by atoms with E-state index < -0.39 is 36.1 Å². The van der Waals surface area contributed by atoms with E-state index in [4.69, 9.17) is 14.2 Å². The lowest BCUT2D eigenvalue weighted by molar-refractivity contribution is -0.149. The zero-order valence-electron chi connectivity index (χ0n) is 34.4. The minimum atomic E-state index is -0.591. The van der Waals surface area contributed by atoms with E-state index in [1.165, 1.54) is 7.11 Å². The van der Waals surface area contributed by atoms with Crippen molar-refractivity contribution >= 4 is 29.5 Å². The summed E-state index contributed by atoms with van der Waals surface area (Å²) in [6.45, 7) is 14.7. The molecule has 1 aliphatic heterocycles. The van der Waals surface area contributed by atoms with Crippen molar-refractivity contribution in [1.29, 1.82) is 0 Å². The number of esters is 1. The Hall–Kier alpha value is -3.35. The summed E-state index contributed by atoms with van der Waals surface area (Å²) in [7, 11) is 8.01. The van der Waals surface area contributed by atoms with Crippen molar-refractivity contribution in [2.45, 2.75) is 117 Å². The maximum absolute atomic E-state index is 14.2. The third kappa shape index (κ3) is 12.1. The number of carbonyl (C=O) groups is 5. The second-order valence-electron chi connectivity index (χ2n) is 15.3. The molecule has 1 heterocycles. The summed E-state index contributed by atoms with van der Waals surface area (Å²) in [6, 6.07) is 6.09. The number of Topliss-reactive ketones (excluding diaryl/α,β-unsaturated/α-hetero) is 1. The van der Waals surface area contributed by atoms with E-state index in [1.807, 2.05) is 44.7 Å². The van der Waals surface area contributed by atoms with Crippen LogP contribution in [0.25, 0.3) is 0 Å². The molecule has 53 heavy (non-hydrogen) atoms. The highest BCUT2D eigenvalue weighted by molar-refractivity contribution is 5.91. The summed E-state index contributed by atoms with van der Waals surface area (Å²) >= 11 is 0. The van der Waals surface area contributed by atoms with Gasteiger partial charge in [0.25, 0.3) is 0 Å². The molecule has 300 valence electrons. The van der Waals surface area contributed by atoms with Gasteiger partial charge in [-0.3, -0.25) is 19.2 Å². The quantitative estimate of drug-likeness (QED) is 0.164. The molecule has 0 aromatic heterocycles. The first-order chi connectivity index (χ1) is 25.1. The van der Waals surface area contributed by atoms with Gasteiger partial charge in [-0.05, 0) is 55.7 Å². The van der Waals surface area contributed by atoms with E-state index >= 15 is 0 Å². The van der Waals surface area contributed by atoms with Crippen LogP contribution in [0.1, 0.15) is 96.5 Å². The normalized spacial score (nSPS) is 18.5. The fraction of sp³-hybridized carbons (Fsp3) is 0.732. The van der Waals surface area contributed by atoms with Gasteiger partial charge in [0.2, 0.25) is 17.7 Å². The summed E-state index contributed by atoms with van der Waals surface area (Å²) < 4.78 is 16.8. The van der Waals surface area contributed by atoms with Gasteiger partial charge in [-0.1, -0.05) is 73.1 Å². The number of ether oxygens (including phenoxy) is 3. The van der Waals surface area contributed by atoms with E-state index in [0.29, 0.717) is 31.5 Å². The SMILES string of the molecule is CCC(C)[C@@H]([C@@H](CC(=O)N1CCC[C@H]1[C@H](OC)[C@@H](C)C(=O)NCCc1ccccc1C(=O)OC)OC)N(C)C(=O)[C@@H](CC(=O)[C@@H](NC)C(C)C)C(C)C. The Morgan fingerprint density at radius 2 is 1.60 bits per heavy atom. The van der Waals surface area contributed by atoms with Gasteiger partial charge in [-0.15, -0.1) is 0 Å². The van der Waals surface area contributed by atoms with Crippen molar-refractivity contribution in [2.75, 3.05) is 48.5 Å². The lowest BCUT2D eigenvalue weighted by Gasteiger charge is -2.41. The van der Waals surface area contributed by atoms with Crippen LogP contribution in [0.5, 0.6) is 0 Å². The topological polar surface area (TPSA) is 144 Å². The zero-order valence-corrected chi connectivity index (χ0v) is 34.4. The molecule has 8 atom stereocenters. The van der Waals surface area contributed by atoms with E-state index in [2.05, 4.69) is 24.5 Å². The summed E-state index contributed by atoms with van der Waals surface area (Å²) in [5, 5.41) is 6.09.